The van der Waals surface area contributed by atoms with E-state index in [1.807, 2.05) is 61.5 Å². The number of hydrogen-bond acceptors (Lipinski definition) is 4. The van der Waals surface area contributed by atoms with E-state index in [4.69, 9.17) is 10.5 Å². The van der Waals surface area contributed by atoms with Crippen LogP contribution in [0.3, 0.4) is 0 Å². The summed E-state index contributed by atoms with van der Waals surface area (Å²) in [7, 11) is 0. The van der Waals surface area contributed by atoms with Crippen LogP contribution < -0.4 is 11.1 Å². The molecule has 2 aromatic carbocycles. The van der Waals surface area contributed by atoms with Crippen LogP contribution in [0, 0.1) is 6.92 Å². The van der Waals surface area contributed by atoms with Crippen LogP contribution in [0.25, 0.3) is 10.9 Å². The molecule has 146 valence electrons. The van der Waals surface area contributed by atoms with E-state index in [1.165, 1.54) is 0 Å². The highest BCUT2D eigenvalue weighted by atomic mass is 127. The number of nitrogen functional groups attached to an aromatic ring is 1. The Balaban J connectivity index is 1.54. The summed E-state index contributed by atoms with van der Waals surface area (Å²) < 4.78 is 10.1. The van der Waals surface area contributed by atoms with Gasteiger partial charge in [-0.1, -0.05) is 38.9 Å². The highest BCUT2D eigenvalue weighted by Crippen LogP contribution is 2.25. The van der Waals surface area contributed by atoms with E-state index in [-0.39, 0.29) is 26.6 Å². The fourth-order valence-electron chi connectivity index (χ4n) is 3.09. The second kappa shape index (κ2) is 8.57. The summed E-state index contributed by atoms with van der Waals surface area (Å²) in [5.41, 5.74) is 10.5. The number of anilines is 2. The van der Waals surface area contributed by atoms with Gasteiger partial charge in [0.1, 0.15) is 12.4 Å². The maximum Gasteiger partial charge on any atom is 0.256 e. The van der Waals surface area contributed by atoms with Gasteiger partial charge in [-0.2, -0.15) is 0 Å². The second-order valence-electron chi connectivity index (χ2n) is 6.60. The fraction of sp³-hybridized carbons (Fsp3) is 0.0870. The summed E-state index contributed by atoms with van der Waals surface area (Å²) in [5.74, 6) is 0.631. The number of aryl methyl sites for hydroxylation is 1. The summed E-state index contributed by atoms with van der Waals surface area (Å²) in [6.45, 7) is 2.24. The molecule has 1 aliphatic rings. The van der Waals surface area contributed by atoms with Crippen molar-refractivity contribution < 1.29 is 9.53 Å². The van der Waals surface area contributed by atoms with E-state index in [2.05, 4.69) is 18.4 Å². The number of nitrogens with one attached hydrogen (secondary N) is 1. The SMILES string of the molecule is Cc1cc(N)c2cc(NC(=O)c3ccccc3COC3=CC=IC=C3)ccc2n1. The minimum atomic E-state index is -0.187. The Kier molecular flexibility index (Phi) is 5.71. The normalized spacial score (nSPS) is 12.9. The Labute approximate surface area is 179 Å². The first-order valence-corrected chi connectivity index (χ1v) is 11.6. The zero-order valence-electron chi connectivity index (χ0n) is 15.9. The molecule has 5 nitrogen and oxygen atoms in total. The lowest BCUT2D eigenvalue weighted by atomic mass is 10.1. The minimum absolute atomic E-state index is 0.0180. The molecule has 0 aliphatic carbocycles. The van der Waals surface area contributed by atoms with E-state index in [0.717, 1.165) is 27.9 Å². The molecule has 3 aromatic rings. The number of benzene rings is 2. The van der Waals surface area contributed by atoms with Crippen molar-refractivity contribution in [3.8, 4) is 0 Å². The van der Waals surface area contributed by atoms with Gasteiger partial charge in [-0.3, -0.25) is 9.78 Å². The fourth-order valence-corrected chi connectivity index (χ4v) is 4.45. The number of amides is 1. The van der Waals surface area contributed by atoms with E-state index in [1.54, 1.807) is 6.07 Å². The number of hydrogen-bond donors (Lipinski definition) is 2. The lowest BCUT2D eigenvalue weighted by molar-refractivity contribution is 0.102. The number of halogens is 1. The molecule has 0 atom stereocenters. The van der Waals surface area contributed by atoms with Crippen molar-refractivity contribution in [3.05, 3.63) is 87.3 Å². The van der Waals surface area contributed by atoms with Crippen molar-refractivity contribution in [3.63, 3.8) is 0 Å². The lowest BCUT2D eigenvalue weighted by Crippen LogP contribution is -2.14. The molecule has 2 heterocycles. The average molecular weight is 497 g/mol. The van der Waals surface area contributed by atoms with Gasteiger partial charge in [-0.05, 0) is 57.5 Å². The molecule has 0 fully saturated rings. The summed E-state index contributed by atoms with van der Waals surface area (Å²) in [4.78, 5) is 17.4. The Bertz CT molecular complexity index is 1180. The topological polar surface area (TPSA) is 77.2 Å². The van der Waals surface area contributed by atoms with Gasteiger partial charge >= 0.3 is 0 Å². The van der Waals surface area contributed by atoms with Gasteiger partial charge < -0.3 is 15.8 Å². The largest absolute Gasteiger partial charge is 0.489 e. The molecular weight excluding hydrogens is 477 g/mol. The third-order valence-electron chi connectivity index (χ3n) is 4.48. The van der Waals surface area contributed by atoms with Crippen LogP contribution in [0.5, 0.6) is 0 Å². The molecule has 0 bridgehead atoms. The van der Waals surface area contributed by atoms with Crippen LogP contribution in [-0.2, 0) is 11.3 Å². The third-order valence-corrected chi connectivity index (χ3v) is 6.03. The molecule has 1 aliphatic heterocycles. The smallest absolute Gasteiger partial charge is 0.256 e. The van der Waals surface area contributed by atoms with E-state index >= 15 is 0 Å². The van der Waals surface area contributed by atoms with Crippen LogP contribution in [0.15, 0.2) is 70.5 Å². The van der Waals surface area contributed by atoms with Gasteiger partial charge in [-0.15, -0.1) is 0 Å². The number of carbonyl (C=O) groups is 1. The maximum absolute atomic E-state index is 12.9. The van der Waals surface area contributed by atoms with Gasteiger partial charge in [0, 0.05) is 33.6 Å². The molecule has 1 amide bonds. The van der Waals surface area contributed by atoms with Crippen molar-refractivity contribution >= 4 is 52.9 Å². The number of nitrogens with two attached hydrogens (primary N) is 1. The van der Waals surface area contributed by atoms with Crippen LogP contribution in [-0.4, -0.2) is 14.9 Å². The molecule has 0 unspecified atom stereocenters. The number of allylic oxidation sites excluding steroid dienone is 2. The van der Waals surface area contributed by atoms with Crippen LogP contribution in [0.2, 0.25) is 0 Å². The second-order valence-corrected chi connectivity index (χ2v) is 8.76. The number of rotatable bonds is 5. The van der Waals surface area contributed by atoms with Crippen molar-refractivity contribution in [1.29, 1.82) is 0 Å². The van der Waals surface area contributed by atoms with E-state index in [0.29, 0.717) is 23.5 Å². The predicted molar refractivity (Wildman–Crippen MR) is 127 cm³/mol. The number of nitrogens with zero attached hydrogens (tertiary/aromatic N) is 1. The Morgan fingerprint density at radius 2 is 2.07 bits per heavy atom. The first-order valence-electron chi connectivity index (χ1n) is 9.11. The number of pyridine rings is 1. The van der Waals surface area contributed by atoms with Crippen LogP contribution in [0.1, 0.15) is 21.6 Å². The zero-order valence-corrected chi connectivity index (χ0v) is 18.0. The average Bonchev–Trinajstić information content (AvgIpc) is 2.73. The summed E-state index contributed by atoms with van der Waals surface area (Å²) in [6, 6.07) is 14.8. The van der Waals surface area contributed by atoms with Gasteiger partial charge in [0.15, 0.2) is 0 Å². The summed E-state index contributed by atoms with van der Waals surface area (Å²) in [5, 5.41) is 3.78. The van der Waals surface area contributed by atoms with Gasteiger partial charge in [0.25, 0.3) is 5.91 Å². The highest BCUT2D eigenvalue weighted by molar-refractivity contribution is 14.2. The zero-order chi connectivity index (χ0) is 20.2. The quantitative estimate of drug-likeness (QED) is 0.483. The molecule has 3 N–H and O–H groups in total. The van der Waals surface area contributed by atoms with Crippen molar-refractivity contribution in [2.24, 2.45) is 0 Å². The third kappa shape index (κ3) is 4.54. The number of ether oxygens (including phenoxy) is 1. The van der Waals surface area contributed by atoms with Crippen molar-refractivity contribution in [1.82, 2.24) is 4.98 Å². The van der Waals surface area contributed by atoms with Crippen molar-refractivity contribution in [2.75, 3.05) is 11.1 Å². The highest BCUT2D eigenvalue weighted by Gasteiger charge is 2.13. The maximum atomic E-state index is 12.9. The number of fused-ring (bicyclic) bond motifs is 1. The van der Waals surface area contributed by atoms with Gasteiger partial charge in [0.05, 0.1) is 5.52 Å². The van der Waals surface area contributed by atoms with Crippen molar-refractivity contribution in [2.45, 2.75) is 13.5 Å². The minimum Gasteiger partial charge on any atom is -0.489 e. The summed E-state index contributed by atoms with van der Waals surface area (Å²) >= 11 is 0.0180. The van der Waals surface area contributed by atoms with Crippen LogP contribution >= 0.6 is 20.7 Å². The Morgan fingerprint density at radius 3 is 2.90 bits per heavy atom. The Hall–Kier alpha value is -3.00. The first kappa shape index (κ1) is 19.3. The van der Waals surface area contributed by atoms with Gasteiger partial charge in [0.2, 0.25) is 0 Å². The number of aromatic nitrogens is 1. The molecule has 0 saturated carbocycles. The molecule has 0 spiro atoms. The number of carbonyl (C=O) groups excluding carboxylic acids is 1. The molecule has 29 heavy (non-hydrogen) atoms. The molecule has 6 heteroatoms. The van der Waals surface area contributed by atoms with Gasteiger partial charge in [-0.25, -0.2) is 0 Å². The molecule has 1 aromatic heterocycles. The molecular formula is C23H20IN3O2. The first-order chi connectivity index (χ1) is 14.1. The molecule has 0 saturated heterocycles. The monoisotopic (exact) mass is 497 g/mol. The summed E-state index contributed by atoms with van der Waals surface area (Å²) in [6.07, 6.45) is 3.98. The predicted octanol–water partition coefficient (Wildman–Crippen LogP) is 5.08. The van der Waals surface area contributed by atoms with Crippen LogP contribution in [0.4, 0.5) is 11.4 Å². The van der Waals surface area contributed by atoms with E-state index < -0.39 is 0 Å². The molecule has 0 radical (unpaired) electrons. The standard InChI is InChI=1S/C23H20IN3O2/c1-15-12-21(25)20-13-17(6-7-22(20)26-15)27-23(28)19-5-3-2-4-16(19)14-29-18-8-10-24-11-9-18/h2-13H,14H2,1H3,(H2,25,26)(H,27,28). The molecule has 4 rings (SSSR count). The van der Waals surface area contributed by atoms with E-state index in [9.17, 15) is 4.79 Å². The Morgan fingerprint density at radius 1 is 1.21 bits per heavy atom. The lowest BCUT2D eigenvalue weighted by Gasteiger charge is -2.13.